The molecule has 1 aromatic rings. The number of hydrogen-bond acceptors (Lipinski definition) is 2. The summed E-state index contributed by atoms with van der Waals surface area (Å²) >= 11 is 0. The summed E-state index contributed by atoms with van der Waals surface area (Å²) in [5.41, 5.74) is 6.17. The summed E-state index contributed by atoms with van der Waals surface area (Å²) in [6.45, 7) is 3.92. The van der Waals surface area contributed by atoms with Crippen molar-refractivity contribution in [3.05, 3.63) is 29.8 Å². The first-order valence-electron chi connectivity index (χ1n) is 5.75. The van der Waals surface area contributed by atoms with Crippen LogP contribution in [0.3, 0.4) is 0 Å². The van der Waals surface area contributed by atoms with Gasteiger partial charge < -0.3 is 11.1 Å². The van der Waals surface area contributed by atoms with Crippen molar-refractivity contribution in [2.24, 2.45) is 11.7 Å². The van der Waals surface area contributed by atoms with E-state index in [1.807, 2.05) is 13.8 Å². The molecule has 3 N–H and O–H groups in total. The monoisotopic (exact) mass is 234 g/mol. The number of anilines is 1. The van der Waals surface area contributed by atoms with Crippen molar-refractivity contribution in [1.29, 1.82) is 0 Å². The second-order valence-corrected chi connectivity index (χ2v) is 4.12. The summed E-state index contributed by atoms with van der Waals surface area (Å²) in [6, 6.07) is 6.63. The summed E-state index contributed by atoms with van der Waals surface area (Å²) in [7, 11) is 0. The van der Waals surface area contributed by atoms with Gasteiger partial charge in [0.15, 0.2) is 0 Å². The Morgan fingerprint density at radius 3 is 2.71 bits per heavy atom. The molecule has 0 aromatic heterocycles. The molecule has 92 valence electrons. The van der Waals surface area contributed by atoms with E-state index in [4.69, 9.17) is 5.73 Å². The Balaban J connectivity index is 2.71. The molecule has 0 saturated carbocycles. The minimum Gasteiger partial charge on any atom is -0.366 e. The Labute approximate surface area is 101 Å². The largest absolute Gasteiger partial charge is 0.366 e. The predicted octanol–water partition coefficient (Wildman–Crippen LogP) is 2.16. The maximum atomic E-state index is 11.8. The third kappa shape index (κ3) is 3.90. The minimum absolute atomic E-state index is 0.0303. The van der Waals surface area contributed by atoms with Crippen molar-refractivity contribution >= 4 is 17.5 Å². The van der Waals surface area contributed by atoms with Crippen LogP contribution in [0.1, 0.15) is 37.0 Å². The molecule has 1 aromatic carbocycles. The highest BCUT2D eigenvalue weighted by Gasteiger charge is 2.12. The van der Waals surface area contributed by atoms with E-state index in [0.717, 1.165) is 12.8 Å². The third-order valence-corrected chi connectivity index (χ3v) is 2.58. The number of carbonyl (C=O) groups excluding carboxylic acids is 2. The zero-order chi connectivity index (χ0) is 12.8. The maximum absolute atomic E-state index is 11.8. The number of nitrogens with two attached hydrogens (primary N) is 1. The van der Waals surface area contributed by atoms with Gasteiger partial charge in [-0.3, -0.25) is 9.59 Å². The van der Waals surface area contributed by atoms with E-state index < -0.39 is 5.91 Å². The van der Waals surface area contributed by atoms with Gasteiger partial charge in [0, 0.05) is 17.2 Å². The first kappa shape index (κ1) is 13.2. The molecule has 17 heavy (non-hydrogen) atoms. The molecule has 2 amide bonds. The molecule has 1 unspecified atom stereocenters. The van der Waals surface area contributed by atoms with Gasteiger partial charge in [0.25, 0.3) is 0 Å². The number of benzene rings is 1. The SMILES string of the molecule is CCCC(C)C(=O)Nc1cccc(C(N)=O)c1. The average molecular weight is 234 g/mol. The Morgan fingerprint density at radius 2 is 2.12 bits per heavy atom. The van der Waals surface area contributed by atoms with Crippen LogP contribution in [0, 0.1) is 5.92 Å². The zero-order valence-corrected chi connectivity index (χ0v) is 10.2. The van der Waals surface area contributed by atoms with E-state index >= 15 is 0 Å². The van der Waals surface area contributed by atoms with Gasteiger partial charge >= 0.3 is 0 Å². The normalized spacial score (nSPS) is 11.9. The molecule has 0 aliphatic rings. The molecule has 0 saturated heterocycles. The quantitative estimate of drug-likeness (QED) is 0.819. The molecule has 0 aliphatic heterocycles. The third-order valence-electron chi connectivity index (χ3n) is 2.58. The Hall–Kier alpha value is -1.84. The fourth-order valence-electron chi connectivity index (χ4n) is 1.58. The maximum Gasteiger partial charge on any atom is 0.248 e. The molecular formula is C13H18N2O2. The van der Waals surface area contributed by atoms with Crippen LogP contribution in [0.15, 0.2) is 24.3 Å². The standard InChI is InChI=1S/C13H18N2O2/c1-3-5-9(2)13(17)15-11-7-4-6-10(8-11)12(14)16/h4,6-9H,3,5H2,1-2H3,(H2,14,16)(H,15,17). The highest BCUT2D eigenvalue weighted by Crippen LogP contribution is 2.13. The molecule has 4 nitrogen and oxygen atoms in total. The molecule has 0 aliphatic carbocycles. The van der Waals surface area contributed by atoms with E-state index in [1.54, 1.807) is 24.3 Å². The van der Waals surface area contributed by atoms with Crippen LogP contribution >= 0.6 is 0 Å². The second-order valence-electron chi connectivity index (χ2n) is 4.12. The number of amides is 2. The van der Waals surface area contributed by atoms with Crippen molar-refractivity contribution in [3.63, 3.8) is 0 Å². The fraction of sp³-hybridized carbons (Fsp3) is 0.385. The number of rotatable bonds is 5. The molecule has 0 fully saturated rings. The van der Waals surface area contributed by atoms with E-state index in [0.29, 0.717) is 11.3 Å². The summed E-state index contributed by atoms with van der Waals surface area (Å²) in [6.07, 6.45) is 1.82. The lowest BCUT2D eigenvalue weighted by molar-refractivity contribution is -0.119. The van der Waals surface area contributed by atoms with E-state index in [9.17, 15) is 9.59 Å². The minimum atomic E-state index is -0.497. The van der Waals surface area contributed by atoms with Gasteiger partial charge in [-0.2, -0.15) is 0 Å². The molecule has 0 spiro atoms. The summed E-state index contributed by atoms with van der Waals surface area (Å²) in [5.74, 6) is -0.562. The highest BCUT2D eigenvalue weighted by molar-refractivity contribution is 5.96. The van der Waals surface area contributed by atoms with Crippen LogP contribution < -0.4 is 11.1 Å². The topological polar surface area (TPSA) is 72.2 Å². The Morgan fingerprint density at radius 1 is 1.41 bits per heavy atom. The van der Waals surface area contributed by atoms with Crippen molar-refractivity contribution < 1.29 is 9.59 Å². The first-order chi connectivity index (χ1) is 8.04. The molecule has 0 heterocycles. The summed E-state index contributed by atoms with van der Waals surface area (Å²) < 4.78 is 0. The average Bonchev–Trinajstić information content (AvgIpc) is 2.29. The van der Waals surface area contributed by atoms with Crippen LogP contribution in [0.5, 0.6) is 0 Å². The summed E-state index contributed by atoms with van der Waals surface area (Å²) in [4.78, 5) is 22.7. The highest BCUT2D eigenvalue weighted by atomic mass is 16.2. The van der Waals surface area contributed by atoms with Crippen molar-refractivity contribution in [1.82, 2.24) is 0 Å². The van der Waals surface area contributed by atoms with Crippen molar-refractivity contribution in [2.75, 3.05) is 5.32 Å². The van der Waals surface area contributed by atoms with Gasteiger partial charge in [-0.05, 0) is 24.6 Å². The van der Waals surface area contributed by atoms with E-state index in [1.165, 1.54) is 0 Å². The second kappa shape index (κ2) is 6.03. The van der Waals surface area contributed by atoms with Crippen LogP contribution in [0.2, 0.25) is 0 Å². The zero-order valence-electron chi connectivity index (χ0n) is 10.2. The van der Waals surface area contributed by atoms with Crippen molar-refractivity contribution in [3.8, 4) is 0 Å². The number of carbonyl (C=O) groups is 2. The number of nitrogens with one attached hydrogen (secondary N) is 1. The summed E-state index contributed by atoms with van der Waals surface area (Å²) in [5, 5.41) is 2.78. The van der Waals surface area contributed by atoms with E-state index in [-0.39, 0.29) is 11.8 Å². The van der Waals surface area contributed by atoms with Crippen molar-refractivity contribution in [2.45, 2.75) is 26.7 Å². The van der Waals surface area contributed by atoms with Crippen LogP contribution in [0.25, 0.3) is 0 Å². The lowest BCUT2D eigenvalue weighted by Gasteiger charge is -2.11. The number of hydrogen-bond donors (Lipinski definition) is 2. The van der Waals surface area contributed by atoms with Crippen LogP contribution in [-0.4, -0.2) is 11.8 Å². The molecule has 1 atom stereocenters. The molecule has 0 bridgehead atoms. The van der Waals surface area contributed by atoms with Gasteiger partial charge in [-0.25, -0.2) is 0 Å². The van der Waals surface area contributed by atoms with Crippen LogP contribution in [-0.2, 0) is 4.79 Å². The number of primary amides is 1. The lowest BCUT2D eigenvalue weighted by atomic mass is 10.1. The fourth-order valence-corrected chi connectivity index (χ4v) is 1.58. The lowest BCUT2D eigenvalue weighted by Crippen LogP contribution is -2.20. The smallest absolute Gasteiger partial charge is 0.248 e. The first-order valence-corrected chi connectivity index (χ1v) is 5.75. The molecule has 4 heteroatoms. The van der Waals surface area contributed by atoms with Gasteiger partial charge in [-0.1, -0.05) is 26.3 Å². The van der Waals surface area contributed by atoms with Gasteiger partial charge in [0.2, 0.25) is 11.8 Å². The molecule has 0 radical (unpaired) electrons. The Kier molecular flexibility index (Phi) is 4.69. The van der Waals surface area contributed by atoms with Crippen LogP contribution in [0.4, 0.5) is 5.69 Å². The van der Waals surface area contributed by atoms with Gasteiger partial charge in [-0.15, -0.1) is 0 Å². The van der Waals surface area contributed by atoms with Gasteiger partial charge in [0.05, 0.1) is 0 Å². The van der Waals surface area contributed by atoms with Gasteiger partial charge in [0.1, 0.15) is 0 Å². The van der Waals surface area contributed by atoms with E-state index in [2.05, 4.69) is 5.32 Å². The predicted molar refractivity (Wildman–Crippen MR) is 67.7 cm³/mol. The molecular weight excluding hydrogens is 216 g/mol. The Bertz CT molecular complexity index is 416. The molecule has 1 rings (SSSR count).